The van der Waals surface area contributed by atoms with Crippen LogP contribution in [0.1, 0.15) is 5.69 Å². The molecule has 0 unspecified atom stereocenters. The molecule has 1 heterocycles. The van der Waals surface area contributed by atoms with Crippen LogP contribution in [-0.4, -0.2) is 10.2 Å². The molecule has 12 heavy (non-hydrogen) atoms. The van der Waals surface area contributed by atoms with Gasteiger partial charge in [-0.15, -0.1) is 0 Å². The number of H-pyrrole nitrogens is 1. The van der Waals surface area contributed by atoms with Gasteiger partial charge in [0.1, 0.15) is 0 Å². The molecule has 5 N–H and O–H groups in total. The van der Waals surface area contributed by atoms with E-state index in [2.05, 4.69) is 10.2 Å². The standard InChI is InChI=1S/C8H10N4/c1-4-5-2-6(9)7(10)3-8(5)12-11-4/h2-3H,9-10H2,1H3,(H,11,12). The van der Waals surface area contributed by atoms with E-state index < -0.39 is 0 Å². The molecule has 2 rings (SSSR count). The van der Waals surface area contributed by atoms with Gasteiger partial charge in [0.05, 0.1) is 16.9 Å². The van der Waals surface area contributed by atoms with E-state index in [0.717, 1.165) is 16.6 Å². The molecule has 0 radical (unpaired) electrons. The number of nitrogens with two attached hydrogens (primary N) is 2. The summed E-state index contributed by atoms with van der Waals surface area (Å²) in [7, 11) is 0. The van der Waals surface area contributed by atoms with Gasteiger partial charge in [0.25, 0.3) is 0 Å². The number of aromatic amines is 1. The number of nitrogen functional groups attached to an aromatic ring is 2. The lowest BCUT2D eigenvalue weighted by atomic mass is 10.2. The molecule has 0 amide bonds. The summed E-state index contributed by atoms with van der Waals surface area (Å²) in [6.07, 6.45) is 0. The average molecular weight is 162 g/mol. The number of hydrogen-bond donors (Lipinski definition) is 3. The van der Waals surface area contributed by atoms with Crippen LogP contribution < -0.4 is 11.5 Å². The Morgan fingerprint density at radius 3 is 2.67 bits per heavy atom. The Kier molecular flexibility index (Phi) is 1.24. The zero-order valence-electron chi connectivity index (χ0n) is 6.76. The molecule has 0 spiro atoms. The van der Waals surface area contributed by atoms with Gasteiger partial charge < -0.3 is 11.5 Å². The second-order valence-corrected chi connectivity index (χ2v) is 2.85. The summed E-state index contributed by atoms with van der Waals surface area (Å²) in [4.78, 5) is 0. The highest BCUT2D eigenvalue weighted by atomic mass is 15.1. The molecule has 62 valence electrons. The summed E-state index contributed by atoms with van der Waals surface area (Å²) in [5.41, 5.74) is 14.3. The van der Waals surface area contributed by atoms with Crippen LogP contribution in [-0.2, 0) is 0 Å². The van der Waals surface area contributed by atoms with Crippen LogP contribution in [0.2, 0.25) is 0 Å². The van der Waals surface area contributed by atoms with E-state index in [9.17, 15) is 0 Å². The number of anilines is 2. The Morgan fingerprint density at radius 1 is 1.25 bits per heavy atom. The van der Waals surface area contributed by atoms with Gasteiger partial charge in [-0.1, -0.05) is 0 Å². The molecule has 0 saturated carbocycles. The van der Waals surface area contributed by atoms with Crippen LogP contribution in [0.15, 0.2) is 12.1 Å². The lowest BCUT2D eigenvalue weighted by Gasteiger charge is -1.98. The predicted molar refractivity (Wildman–Crippen MR) is 49.7 cm³/mol. The number of rotatable bonds is 0. The van der Waals surface area contributed by atoms with Gasteiger partial charge in [0, 0.05) is 11.1 Å². The zero-order valence-corrected chi connectivity index (χ0v) is 6.76. The van der Waals surface area contributed by atoms with Gasteiger partial charge in [-0.25, -0.2) is 0 Å². The highest BCUT2D eigenvalue weighted by Gasteiger charge is 2.03. The Morgan fingerprint density at radius 2 is 1.92 bits per heavy atom. The molecule has 0 fully saturated rings. The smallest absolute Gasteiger partial charge is 0.0945 e. The third-order valence-electron chi connectivity index (χ3n) is 1.95. The molecular formula is C8H10N4. The van der Waals surface area contributed by atoms with Crippen LogP contribution in [0, 0.1) is 6.92 Å². The molecule has 0 aliphatic carbocycles. The minimum absolute atomic E-state index is 0.578. The summed E-state index contributed by atoms with van der Waals surface area (Å²) >= 11 is 0. The van der Waals surface area contributed by atoms with E-state index >= 15 is 0 Å². The molecule has 0 bridgehead atoms. The molecule has 0 saturated heterocycles. The number of aromatic nitrogens is 2. The van der Waals surface area contributed by atoms with Gasteiger partial charge in [0.2, 0.25) is 0 Å². The first kappa shape index (κ1) is 6.97. The van der Waals surface area contributed by atoms with Gasteiger partial charge >= 0.3 is 0 Å². The first-order valence-electron chi connectivity index (χ1n) is 3.68. The normalized spacial score (nSPS) is 10.8. The summed E-state index contributed by atoms with van der Waals surface area (Å²) in [5, 5.41) is 7.96. The average Bonchev–Trinajstić information content (AvgIpc) is 2.35. The fraction of sp³-hybridized carbons (Fsp3) is 0.125. The van der Waals surface area contributed by atoms with Crippen molar-refractivity contribution in [3.63, 3.8) is 0 Å². The van der Waals surface area contributed by atoms with Gasteiger partial charge in [-0.3, -0.25) is 5.10 Å². The van der Waals surface area contributed by atoms with Gasteiger partial charge in [0.15, 0.2) is 0 Å². The fourth-order valence-corrected chi connectivity index (χ4v) is 1.22. The SMILES string of the molecule is Cc1[nH]nc2cc(N)c(N)cc12. The number of benzene rings is 1. The van der Waals surface area contributed by atoms with Gasteiger partial charge in [-0.2, -0.15) is 5.10 Å². The van der Waals surface area contributed by atoms with Crippen molar-refractivity contribution in [3.05, 3.63) is 17.8 Å². The quantitative estimate of drug-likeness (QED) is 0.506. The maximum atomic E-state index is 5.65. The third-order valence-corrected chi connectivity index (χ3v) is 1.95. The molecule has 4 nitrogen and oxygen atoms in total. The Bertz CT molecular complexity index is 430. The van der Waals surface area contributed by atoms with Crippen molar-refractivity contribution in [1.29, 1.82) is 0 Å². The molecule has 0 aliphatic heterocycles. The Labute approximate surface area is 69.6 Å². The third kappa shape index (κ3) is 0.812. The Balaban J connectivity index is 2.87. The van der Waals surface area contributed by atoms with E-state index in [-0.39, 0.29) is 0 Å². The number of fused-ring (bicyclic) bond motifs is 1. The largest absolute Gasteiger partial charge is 0.397 e. The van der Waals surface area contributed by atoms with E-state index in [1.807, 2.05) is 13.0 Å². The van der Waals surface area contributed by atoms with Crippen LogP contribution >= 0.6 is 0 Å². The lowest BCUT2D eigenvalue weighted by Crippen LogP contribution is -1.93. The van der Waals surface area contributed by atoms with Crippen molar-refractivity contribution in [2.24, 2.45) is 0 Å². The molecule has 0 atom stereocenters. The van der Waals surface area contributed by atoms with Crippen LogP contribution in [0.5, 0.6) is 0 Å². The number of nitrogens with zero attached hydrogens (tertiary/aromatic N) is 1. The maximum absolute atomic E-state index is 5.65. The second kappa shape index (κ2) is 2.14. The van der Waals surface area contributed by atoms with Crippen molar-refractivity contribution in [1.82, 2.24) is 10.2 Å². The second-order valence-electron chi connectivity index (χ2n) is 2.85. The van der Waals surface area contributed by atoms with Crippen molar-refractivity contribution < 1.29 is 0 Å². The number of hydrogen-bond acceptors (Lipinski definition) is 3. The van der Waals surface area contributed by atoms with Crippen LogP contribution in [0.3, 0.4) is 0 Å². The first-order chi connectivity index (χ1) is 5.68. The minimum atomic E-state index is 0.578. The summed E-state index contributed by atoms with van der Waals surface area (Å²) in [5.74, 6) is 0. The van der Waals surface area contributed by atoms with E-state index in [1.54, 1.807) is 6.07 Å². The molecule has 1 aromatic carbocycles. The minimum Gasteiger partial charge on any atom is -0.397 e. The van der Waals surface area contributed by atoms with Crippen molar-refractivity contribution in [2.45, 2.75) is 6.92 Å². The Hall–Kier alpha value is -1.71. The molecular weight excluding hydrogens is 152 g/mol. The number of nitrogens with one attached hydrogen (secondary N) is 1. The van der Waals surface area contributed by atoms with E-state index in [4.69, 9.17) is 11.5 Å². The first-order valence-corrected chi connectivity index (χ1v) is 3.68. The van der Waals surface area contributed by atoms with Gasteiger partial charge in [-0.05, 0) is 19.1 Å². The molecule has 1 aromatic heterocycles. The monoisotopic (exact) mass is 162 g/mol. The fourth-order valence-electron chi connectivity index (χ4n) is 1.22. The predicted octanol–water partition coefficient (Wildman–Crippen LogP) is 1.04. The maximum Gasteiger partial charge on any atom is 0.0945 e. The van der Waals surface area contributed by atoms with E-state index in [1.165, 1.54) is 0 Å². The van der Waals surface area contributed by atoms with Crippen molar-refractivity contribution >= 4 is 22.3 Å². The van der Waals surface area contributed by atoms with Crippen molar-refractivity contribution in [3.8, 4) is 0 Å². The van der Waals surface area contributed by atoms with Crippen LogP contribution in [0.25, 0.3) is 10.9 Å². The summed E-state index contributed by atoms with van der Waals surface area (Å²) in [6, 6.07) is 3.61. The highest BCUT2D eigenvalue weighted by molar-refractivity contribution is 5.89. The van der Waals surface area contributed by atoms with Crippen LogP contribution in [0.4, 0.5) is 11.4 Å². The zero-order chi connectivity index (χ0) is 8.72. The lowest BCUT2D eigenvalue weighted by molar-refractivity contribution is 1.07. The number of aryl methyl sites for hydroxylation is 1. The molecule has 2 aromatic rings. The highest BCUT2D eigenvalue weighted by Crippen LogP contribution is 2.23. The molecule has 4 heteroatoms. The van der Waals surface area contributed by atoms with E-state index in [0.29, 0.717) is 11.4 Å². The molecule has 0 aliphatic rings. The topological polar surface area (TPSA) is 80.7 Å². The summed E-state index contributed by atoms with van der Waals surface area (Å²) in [6.45, 7) is 1.95. The summed E-state index contributed by atoms with van der Waals surface area (Å²) < 4.78 is 0. The van der Waals surface area contributed by atoms with Crippen molar-refractivity contribution in [2.75, 3.05) is 11.5 Å².